The van der Waals surface area contributed by atoms with Crippen LogP contribution in [0.2, 0.25) is 0 Å². The number of nitrogens with one attached hydrogen (secondary N) is 1. The average Bonchev–Trinajstić information content (AvgIpc) is 2.34. The molecule has 1 saturated carbocycles. The molecule has 58 valence electrons. The minimum Gasteiger partial charge on any atom is -0.313 e. The molecule has 0 amide bonds. The van der Waals surface area contributed by atoms with Crippen LogP contribution >= 0.6 is 0 Å². The highest BCUT2D eigenvalue weighted by molar-refractivity contribution is 4.89. The predicted molar refractivity (Wildman–Crippen MR) is 42.9 cm³/mol. The molecule has 0 aromatic heterocycles. The fraction of sp³-hybridized carbons (Fsp3) is 1.00. The quantitative estimate of drug-likeness (QED) is 0.584. The fourth-order valence-electron chi connectivity index (χ4n) is 2.63. The van der Waals surface area contributed by atoms with Gasteiger partial charge in [0.05, 0.1) is 0 Å². The summed E-state index contributed by atoms with van der Waals surface area (Å²) in [6, 6.07) is 0.860. The van der Waals surface area contributed by atoms with E-state index in [1.165, 1.54) is 32.2 Å². The Bertz CT molecular complexity index is 122. The van der Waals surface area contributed by atoms with E-state index in [1.807, 2.05) is 0 Å². The molecule has 10 heavy (non-hydrogen) atoms. The molecule has 1 saturated heterocycles. The Kier molecular flexibility index (Phi) is 1.69. The first-order valence-electron chi connectivity index (χ1n) is 4.63. The highest BCUT2D eigenvalue weighted by atomic mass is 14.9. The summed E-state index contributed by atoms with van der Waals surface area (Å²) in [5.41, 5.74) is 0. The first-order valence-corrected chi connectivity index (χ1v) is 4.63. The van der Waals surface area contributed by atoms with Crippen molar-refractivity contribution in [2.45, 2.75) is 38.6 Å². The van der Waals surface area contributed by atoms with Gasteiger partial charge in [-0.25, -0.2) is 0 Å². The second-order valence-electron chi connectivity index (χ2n) is 3.86. The van der Waals surface area contributed by atoms with Gasteiger partial charge in [0.15, 0.2) is 0 Å². The maximum Gasteiger partial charge on any atom is 0.00929 e. The number of hydrogen-bond acceptors (Lipinski definition) is 1. The highest BCUT2D eigenvalue weighted by Gasteiger charge is 2.33. The van der Waals surface area contributed by atoms with Crippen LogP contribution < -0.4 is 5.32 Å². The SMILES string of the molecule is CC[C@@H]1NC[C@@H]2CC[C@H]1C2. The summed E-state index contributed by atoms with van der Waals surface area (Å²) in [5, 5.41) is 3.63. The van der Waals surface area contributed by atoms with Gasteiger partial charge in [-0.05, 0) is 44.1 Å². The first-order chi connectivity index (χ1) is 4.90. The molecule has 1 nitrogen and oxygen atoms in total. The molecular formula is C9H17N. The monoisotopic (exact) mass is 139 g/mol. The number of fused-ring (bicyclic) bond motifs is 2. The van der Waals surface area contributed by atoms with Gasteiger partial charge in [-0.1, -0.05) is 6.92 Å². The lowest BCUT2D eigenvalue weighted by molar-refractivity contribution is 0.282. The molecule has 2 bridgehead atoms. The zero-order valence-corrected chi connectivity index (χ0v) is 6.77. The number of hydrogen-bond donors (Lipinski definition) is 1. The van der Waals surface area contributed by atoms with Gasteiger partial charge >= 0.3 is 0 Å². The summed E-state index contributed by atoms with van der Waals surface area (Å²) in [5.74, 6) is 2.07. The van der Waals surface area contributed by atoms with Gasteiger partial charge in [-0.3, -0.25) is 0 Å². The third-order valence-corrected chi connectivity index (χ3v) is 3.26. The van der Waals surface area contributed by atoms with Crippen molar-refractivity contribution in [1.82, 2.24) is 5.32 Å². The summed E-state index contributed by atoms with van der Waals surface area (Å²) in [4.78, 5) is 0. The van der Waals surface area contributed by atoms with Crippen LogP contribution in [0.1, 0.15) is 32.6 Å². The topological polar surface area (TPSA) is 12.0 Å². The molecule has 2 aliphatic rings. The predicted octanol–water partition coefficient (Wildman–Crippen LogP) is 1.78. The molecule has 0 aromatic rings. The smallest absolute Gasteiger partial charge is 0.00929 e. The van der Waals surface area contributed by atoms with Crippen molar-refractivity contribution in [1.29, 1.82) is 0 Å². The Morgan fingerprint density at radius 2 is 2.30 bits per heavy atom. The highest BCUT2D eigenvalue weighted by Crippen LogP contribution is 2.36. The summed E-state index contributed by atoms with van der Waals surface area (Å²) in [7, 11) is 0. The van der Waals surface area contributed by atoms with E-state index in [1.54, 1.807) is 0 Å². The van der Waals surface area contributed by atoms with E-state index in [0.29, 0.717) is 0 Å². The summed E-state index contributed by atoms with van der Waals surface area (Å²) < 4.78 is 0. The zero-order chi connectivity index (χ0) is 6.97. The largest absolute Gasteiger partial charge is 0.313 e. The normalized spacial score (nSPS) is 45.9. The lowest BCUT2D eigenvalue weighted by atomic mass is 9.91. The van der Waals surface area contributed by atoms with Gasteiger partial charge in [0, 0.05) is 6.04 Å². The van der Waals surface area contributed by atoms with E-state index >= 15 is 0 Å². The van der Waals surface area contributed by atoms with Gasteiger partial charge in [0.1, 0.15) is 0 Å². The number of piperidine rings is 1. The molecule has 1 heteroatoms. The molecule has 1 N–H and O–H groups in total. The Labute approximate surface area is 63.2 Å². The summed E-state index contributed by atoms with van der Waals surface area (Å²) in [6.45, 7) is 3.60. The maximum absolute atomic E-state index is 3.63. The van der Waals surface area contributed by atoms with E-state index < -0.39 is 0 Å². The van der Waals surface area contributed by atoms with E-state index in [0.717, 1.165) is 17.9 Å². The van der Waals surface area contributed by atoms with Crippen molar-refractivity contribution in [3.8, 4) is 0 Å². The Hall–Kier alpha value is -0.0400. The molecule has 2 fully saturated rings. The third-order valence-electron chi connectivity index (χ3n) is 3.26. The summed E-state index contributed by atoms with van der Waals surface area (Å²) >= 11 is 0. The molecule has 0 unspecified atom stereocenters. The molecule has 1 aliphatic heterocycles. The van der Waals surface area contributed by atoms with Crippen LogP contribution in [0, 0.1) is 11.8 Å². The van der Waals surface area contributed by atoms with Crippen LogP contribution in [-0.2, 0) is 0 Å². The van der Waals surface area contributed by atoms with Crippen molar-refractivity contribution in [2.24, 2.45) is 11.8 Å². The third kappa shape index (κ3) is 0.968. The van der Waals surface area contributed by atoms with Gasteiger partial charge in [-0.2, -0.15) is 0 Å². The molecule has 0 spiro atoms. The van der Waals surface area contributed by atoms with E-state index in [2.05, 4.69) is 12.2 Å². The molecule has 3 atom stereocenters. The maximum atomic E-state index is 3.63. The minimum absolute atomic E-state index is 0.860. The van der Waals surface area contributed by atoms with Gasteiger partial charge < -0.3 is 5.32 Å². The average molecular weight is 139 g/mol. The van der Waals surface area contributed by atoms with Gasteiger partial charge in [0.25, 0.3) is 0 Å². The molecule has 1 heterocycles. The Morgan fingerprint density at radius 1 is 1.40 bits per heavy atom. The van der Waals surface area contributed by atoms with Crippen molar-refractivity contribution in [3.05, 3.63) is 0 Å². The first kappa shape index (κ1) is 6.66. The standard InChI is InChI=1S/C9H17N/c1-2-9-8-4-3-7(5-8)6-10-9/h7-10H,2-6H2,1H3/t7-,8+,9+/m1/s1. The van der Waals surface area contributed by atoms with Gasteiger partial charge in [-0.15, -0.1) is 0 Å². The van der Waals surface area contributed by atoms with Crippen molar-refractivity contribution >= 4 is 0 Å². The van der Waals surface area contributed by atoms with Crippen LogP contribution in [0.5, 0.6) is 0 Å². The van der Waals surface area contributed by atoms with Crippen LogP contribution in [0.3, 0.4) is 0 Å². The van der Waals surface area contributed by atoms with Crippen molar-refractivity contribution < 1.29 is 0 Å². The molecule has 2 rings (SSSR count). The van der Waals surface area contributed by atoms with Crippen LogP contribution in [-0.4, -0.2) is 12.6 Å². The minimum atomic E-state index is 0.860. The molecule has 0 aromatic carbocycles. The van der Waals surface area contributed by atoms with Crippen molar-refractivity contribution in [3.63, 3.8) is 0 Å². The van der Waals surface area contributed by atoms with E-state index in [9.17, 15) is 0 Å². The lowest BCUT2D eigenvalue weighted by Crippen LogP contribution is -2.40. The second-order valence-corrected chi connectivity index (χ2v) is 3.86. The summed E-state index contributed by atoms with van der Waals surface area (Å²) in [6.07, 6.45) is 5.84. The zero-order valence-electron chi connectivity index (χ0n) is 6.77. The van der Waals surface area contributed by atoms with Crippen LogP contribution in [0.15, 0.2) is 0 Å². The van der Waals surface area contributed by atoms with E-state index in [4.69, 9.17) is 0 Å². The van der Waals surface area contributed by atoms with Gasteiger partial charge in [0.2, 0.25) is 0 Å². The second kappa shape index (κ2) is 2.54. The van der Waals surface area contributed by atoms with Crippen LogP contribution in [0.25, 0.3) is 0 Å². The fourth-order valence-corrected chi connectivity index (χ4v) is 2.63. The van der Waals surface area contributed by atoms with Crippen molar-refractivity contribution in [2.75, 3.05) is 6.54 Å². The number of rotatable bonds is 1. The molecule has 0 radical (unpaired) electrons. The Morgan fingerprint density at radius 3 is 3.10 bits per heavy atom. The van der Waals surface area contributed by atoms with Crippen LogP contribution in [0.4, 0.5) is 0 Å². The molecular weight excluding hydrogens is 122 g/mol. The lowest BCUT2D eigenvalue weighted by Gasteiger charge is -2.29. The van der Waals surface area contributed by atoms with E-state index in [-0.39, 0.29) is 0 Å². The Balaban J connectivity index is 2.00. The molecule has 1 aliphatic carbocycles.